The van der Waals surface area contributed by atoms with Crippen molar-refractivity contribution in [1.29, 1.82) is 0 Å². The van der Waals surface area contributed by atoms with Crippen LogP contribution >= 0.6 is 0 Å². The summed E-state index contributed by atoms with van der Waals surface area (Å²) in [5.41, 5.74) is 1.40. The molecular formula is C16H22N2O2. The Labute approximate surface area is 120 Å². The van der Waals surface area contributed by atoms with E-state index >= 15 is 0 Å². The van der Waals surface area contributed by atoms with Crippen LogP contribution in [0.3, 0.4) is 0 Å². The summed E-state index contributed by atoms with van der Waals surface area (Å²) >= 11 is 0. The van der Waals surface area contributed by atoms with Crippen LogP contribution < -0.4 is 14.8 Å². The first kappa shape index (κ1) is 12.5. The highest BCUT2D eigenvalue weighted by Gasteiger charge is 2.34. The van der Waals surface area contributed by atoms with Crippen molar-refractivity contribution < 1.29 is 9.47 Å². The lowest BCUT2D eigenvalue weighted by Gasteiger charge is -2.43. The van der Waals surface area contributed by atoms with Crippen LogP contribution in [0.2, 0.25) is 0 Å². The Kier molecular flexibility index (Phi) is 3.28. The summed E-state index contributed by atoms with van der Waals surface area (Å²) in [5, 5.41) is 3.45. The van der Waals surface area contributed by atoms with Gasteiger partial charge in [0.2, 0.25) is 6.79 Å². The lowest BCUT2D eigenvalue weighted by Crippen LogP contribution is -2.47. The summed E-state index contributed by atoms with van der Waals surface area (Å²) in [5.74, 6) is 2.62. The van der Waals surface area contributed by atoms with Gasteiger partial charge in [0.25, 0.3) is 0 Å². The van der Waals surface area contributed by atoms with Crippen molar-refractivity contribution in [2.45, 2.75) is 25.3 Å². The van der Waals surface area contributed by atoms with Crippen molar-refractivity contribution in [3.05, 3.63) is 23.8 Å². The van der Waals surface area contributed by atoms with Gasteiger partial charge in [-0.1, -0.05) is 12.5 Å². The van der Waals surface area contributed by atoms with Crippen molar-refractivity contribution >= 4 is 0 Å². The molecule has 1 saturated carbocycles. The highest BCUT2D eigenvalue weighted by atomic mass is 16.7. The quantitative estimate of drug-likeness (QED) is 0.916. The number of rotatable bonds is 3. The topological polar surface area (TPSA) is 33.7 Å². The van der Waals surface area contributed by atoms with E-state index in [0.29, 0.717) is 12.8 Å². The highest BCUT2D eigenvalue weighted by molar-refractivity contribution is 5.45. The minimum absolute atomic E-state index is 0.362. The molecule has 1 N–H and O–H groups in total. The first-order valence-corrected chi connectivity index (χ1v) is 7.76. The Morgan fingerprint density at radius 1 is 1.10 bits per heavy atom. The number of piperazine rings is 1. The van der Waals surface area contributed by atoms with Gasteiger partial charge < -0.3 is 14.8 Å². The molecule has 2 aliphatic heterocycles. The van der Waals surface area contributed by atoms with E-state index in [2.05, 4.69) is 28.4 Å². The largest absolute Gasteiger partial charge is 0.454 e. The Morgan fingerprint density at radius 3 is 2.65 bits per heavy atom. The third kappa shape index (κ3) is 2.17. The van der Waals surface area contributed by atoms with Crippen LogP contribution in [0.1, 0.15) is 30.9 Å². The average Bonchev–Trinajstić information content (AvgIpc) is 2.91. The molecule has 0 unspecified atom stereocenters. The van der Waals surface area contributed by atoms with Crippen molar-refractivity contribution in [1.82, 2.24) is 10.2 Å². The number of nitrogens with zero attached hydrogens (tertiary/aromatic N) is 1. The van der Waals surface area contributed by atoms with Crippen molar-refractivity contribution in [3.63, 3.8) is 0 Å². The maximum absolute atomic E-state index is 5.55. The standard InChI is InChI=1S/C16H22N2O2/c1-2-12(3-1)16(18-8-6-17-7-9-18)13-4-5-14-15(10-13)20-11-19-14/h4-5,10,12,16-17H,1-3,6-9,11H2/t16-/m0/s1. The van der Waals surface area contributed by atoms with E-state index in [-0.39, 0.29) is 0 Å². The van der Waals surface area contributed by atoms with Crippen molar-refractivity contribution in [3.8, 4) is 11.5 Å². The molecule has 4 rings (SSSR count). The number of nitrogens with one attached hydrogen (secondary N) is 1. The van der Waals surface area contributed by atoms with E-state index in [0.717, 1.165) is 43.6 Å². The maximum Gasteiger partial charge on any atom is 0.231 e. The number of benzene rings is 1. The van der Waals surface area contributed by atoms with Crippen LogP contribution in [0.15, 0.2) is 18.2 Å². The van der Waals surface area contributed by atoms with Gasteiger partial charge in [-0.25, -0.2) is 0 Å². The molecule has 1 aliphatic carbocycles. The molecule has 0 radical (unpaired) electrons. The molecule has 0 bridgehead atoms. The molecule has 1 aromatic carbocycles. The lowest BCUT2D eigenvalue weighted by atomic mass is 9.76. The van der Waals surface area contributed by atoms with Crippen molar-refractivity contribution in [2.75, 3.05) is 33.0 Å². The highest BCUT2D eigenvalue weighted by Crippen LogP contribution is 2.44. The molecule has 20 heavy (non-hydrogen) atoms. The Morgan fingerprint density at radius 2 is 1.90 bits per heavy atom. The fourth-order valence-corrected chi connectivity index (χ4v) is 3.59. The first-order chi connectivity index (χ1) is 9.92. The fraction of sp³-hybridized carbons (Fsp3) is 0.625. The molecule has 2 heterocycles. The van der Waals surface area contributed by atoms with Crippen LogP contribution in [0.25, 0.3) is 0 Å². The summed E-state index contributed by atoms with van der Waals surface area (Å²) in [6.45, 7) is 4.87. The second kappa shape index (κ2) is 5.26. The van der Waals surface area contributed by atoms with Crippen molar-refractivity contribution in [2.24, 2.45) is 5.92 Å². The molecular weight excluding hydrogens is 252 g/mol. The SMILES string of the molecule is c1cc2c(cc1[C@H](C1CCC1)N1CCNCC1)OCO2. The third-order valence-electron chi connectivity index (χ3n) is 4.88. The fourth-order valence-electron chi connectivity index (χ4n) is 3.59. The molecule has 3 aliphatic rings. The van der Waals surface area contributed by atoms with Gasteiger partial charge in [-0.15, -0.1) is 0 Å². The number of fused-ring (bicyclic) bond motifs is 1. The summed E-state index contributed by atoms with van der Waals surface area (Å²) < 4.78 is 11.0. The van der Waals surface area contributed by atoms with E-state index < -0.39 is 0 Å². The van der Waals surface area contributed by atoms with Gasteiger partial charge in [0.05, 0.1) is 0 Å². The van der Waals surface area contributed by atoms with Gasteiger partial charge in [0.1, 0.15) is 0 Å². The zero-order valence-corrected chi connectivity index (χ0v) is 11.8. The summed E-state index contributed by atoms with van der Waals surface area (Å²) in [4.78, 5) is 2.65. The predicted octanol–water partition coefficient (Wildman–Crippen LogP) is 2.16. The van der Waals surface area contributed by atoms with Gasteiger partial charge in [-0.3, -0.25) is 4.90 Å². The Balaban J connectivity index is 1.63. The van der Waals surface area contributed by atoms with Crippen LogP contribution in [-0.4, -0.2) is 37.9 Å². The van der Waals surface area contributed by atoms with Gasteiger partial charge in [0, 0.05) is 32.2 Å². The summed E-state index contributed by atoms with van der Waals surface area (Å²) in [6, 6.07) is 7.07. The third-order valence-corrected chi connectivity index (χ3v) is 4.88. The summed E-state index contributed by atoms with van der Waals surface area (Å²) in [7, 11) is 0. The van der Waals surface area contributed by atoms with E-state index in [4.69, 9.17) is 9.47 Å². The Hall–Kier alpha value is -1.26. The van der Waals surface area contributed by atoms with Crippen LogP contribution in [0.4, 0.5) is 0 Å². The lowest BCUT2D eigenvalue weighted by molar-refractivity contribution is 0.0835. The van der Waals surface area contributed by atoms with Gasteiger partial charge >= 0.3 is 0 Å². The minimum atomic E-state index is 0.362. The average molecular weight is 274 g/mol. The van der Waals surface area contributed by atoms with E-state index in [9.17, 15) is 0 Å². The molecule has 1 atom stereocenters. The molecule has 0 spiro atoms. The number of ether oxygens (including phenoxy) is 2. The van der Waals surface area contributed by atoms with E-state index in [1.54, 1.807) is 0 Å². The summed E-state index contributed by atoms with van der Waals surface area (Å²) in [6.07, 6.45) is 4.11. The number of hydrogen-bond donors (Lipinski definition) is 1. The van der Waals surface area contributed by atoms with Crippen LogP contribution in [0, 0.1) is 5.92 Å². The van der Waals surface area contributed by atoms with E-state index in [1.165, 1.54) is 24.8 Å². The zero-order valence-electron chi connectivity index (χ0n) is 11.8. The Bertz CT molecular complexity index is 481. The van der Waals surface area contributed by atoms with E-state index in [1.807, 2.05) is 0 Å². The number of hydrogen-bond acceptors (Lipinski definition) is 4. The smallest absolute Gasteiger partial charge is 0.231 e. The van der Waals surface area contributed by atoms with Gasteiger partial charge in [-0.2, -0.15) is 0 Å². The zero-order chi connectivity index (χ0) is 13.4. The normalized spacial score (nSPS) is 24.4. The monoisotopic (exact) mass is 274 g/mol. The van der Waals surface area contributed by atoms with Crippen LogP contribution in [-0.2, 0) is 0 Å². The molecule has 0 aromatic heterocycles. The maximum atomic E-state index is 5.55. The second-order valence-electron chi connectivity index (χ2n) is 6.03. The second-order valence-corrected chi connectivity index (χ2v) is 6.03. The molecule has 0 amide bonds. The van der Waals surface area contributed by atoms with Crippen LogP contribution in [0.5, 0.6) is 11.5 Å². The minimum Gasteiger partial charge on any atom is -0.454 e. The molecule has 4 heteroatoms. The predicted molar refractivity (Wildman–Crippen MR) is 77.1 cm³/mol. The molecule has 2 fully saturated rings. The molecule has 1 aromatic rings. The first-order valence-electron chi connectivity index (χ1n) is 7.76. The molecule has 4 nitrogen and oxygen atoms in total. The van der Waals surface area contributed by atoms with Gasteiger partial charge in [0.15, 0.2) is 11.5 Å². The molecule has 108 valence electrons. The molecule has 1 saturated heterocycles. The van der Waals surface area contributed by atoms with Gasteiger partial charge in [-0.05, 0) is 36.5 Å².